The summed E-state index contributed by atoms with van der Waals surface area (Å²) in [5.74, 6) is -0.503. The van der Waals surface area contributed by atoms with E-state index in [1.165, 1.54) is 0 Å². The van der Waals surface area contributed by atoms with E-state index >= 15 is 0 Å². The van der Waals surface area contributed by atoms with Gasteiger partial charge >= 0.3 is 0 Å². The van der Waals surface area contributed by atoms with Crippen LogP contribution in [0.3, 0.4) is 0 Å². The summed E-state index contributed by atoms with van der Waals surface area (Å²) in [7, 11) is -3.65. The van der Waals surface area contributed by atoms with Gasteiger partial charge in [0, 0.05) is 5.38 Å². The largest absolute Gasteiger partial charge is 0.369 e. The molecule has 3 rings (SSSR count). The van der Waals surface area contributed by atoms with Gasteiger partial charge in [0.25, 0.3) is 10.0 Å². The van der Waals surface area contributed by atoms with Crippen molar-refractivity contribution in [2.45, 2.75) is 19.3 Å². The molecule has 0 unspecified atom stereocenters. The first-order valence-electron chi connectivity index (χ1n) is 6.98. The molecule has 2 aromatic rings. The molecule has 0 bridgehead atoms. The second kappa shape index (κ2) is 6.13. The number of nitrogens with two attached hydrogens (primary N) is 1. The fourth-order valence-corrected chi connectivity index (χ4v) is 4.55. The average Bonchev–Trinajstić information content (AvgIpc) is 2.92. The summed E-state index contributed by atoms with van der Waals surface area (Å²) >= 11 is 1.13. The lowest BCUT2D eigenvalue weighted by molar-refractivity contribution is -0.117. The molecule has 0 radical (unpaired) electrons. The number of thiazole rings is 1. The van der Waals surface area contributed by atoms with Crippen LogP contribution in [0.15, 0.2) is 34.6 Å². The van der Waals surface area contributed by atoms with Crippen molar-refractivity contribution >= 4 is 38.5 Å². The van der Waals surface area contributed by atoms with E-state index in [-0.39, 0.29) is 11.6 Å². The standard InChI is InChI=1S/C15H15N3O3S2/c16-14(19)8-12-9-22-15(17-12)18-23(20,21)13-6-5-10-3-1-2-4-11(10)7-13/h1-4,7,9H,5-6,8H2,(H2,16,19)(H,17,18). The van der Waals surface area contributed by atoms with Crippen molar-refractivity contribution in [2.75, 3.05) is 4.72 Å². The highest BCUT2D eigenvalue weighted by atomic mass is 32.2. The van der Waals surface area contributed by atoms with E-state index in [1.807, 2.05) is 24.3 Å². The molecule has 8 heteroatoms. The lowest BCUT2D eigenvalue weighted by atomic mass is 9.98. The van der Waals surface area contributed by atoms with Crippen LogP contribution in [0.1, 0.15) is 23.2 Å². The highest BCUT2D eigenvalue weighted by Crippen LogP contribution is 2.28. The molecular formula is C15H15N3O3S2. The highest BCUT2D eigenvalue weighted by molar-refractivity contribution is 7.96. The van der Waals surface area contributed by atoms with Gasteiger partial charge in [0.2, 0.25) is 5.91 Å². The van der Waals surface area contributed by atoms with E-state index in [0.717, 1.165) is 22.5 Å². The number of rotatable bonds is 5. The molecule has 1 heterocycles. The van der Waals surface area contributed by atoms with Crippen LogP contribution in [0, 0.1) is 0 Å². The van der Waals surface area contributed by atoms with Gasteiger partial charge in [0.05, 0.1) is 17.0 Å². The predicted molar refractivity (Wildman–Crippen MR) is 90.3 cm³/mol. The minimum atomic E-state index is -3.65. The second-order valence-corrected chi connectivity index (χ2v) is 7.80. The first-order chi connectivity index (χ1) is 10.9. The maximum absolute atomic E-state index is 12.5. The number of primary amides is 1. The predicted octanol–water partition coefficient (Wildman–Crippen LogP) is 1.90. The SMILES string of the molecule is NC(=O)Cc1csc(NS(=O)(=O)C2=Cc3ccccc3CC2)n1. The third-order valence-corrected chi connectivity index (χ3v) is 5.90. The molecule has 0 aliphatic heterocycles. The lowest BCUT2D eigenvalue weighted by Crippen LogP contribution is -2.17. The topological polar surface area (TPSA) is 102 Å². The van der Waals surface area contributed by atoms with Crippen molar-refractivity contribution in [3.63, 3.8) is 0 Å². The Kier molecular flexibility index (Phi) is 4.18. The molecule has 120 valence electrons. The van der Waals surface area contributed by atoms with E-state index in [1.54, 1.807) is 11.5 Å². The number of hydrogen-bond donors (Lipinski definition) is 2. The van der Waals surface area contributed by atoms with Crippen molar-refractivity contribution in [1.29, 1.82) is 0 Å². The van der Waals surface area contributed by atoms with E-state index in [4.69, 9.17) is 5.73 Å². The molecule has 1 amide bonds. The fourth-order valence-electron chi connectivity index (χ4n) is 2.41. The van der Waals surface area contributed by atoms with Crippen LogP contribution in [-0.4, -0.2) is 19.3 Å². The van der Waals surface area contributed by atoms with Gasteiger partial charge in [-0.05, 0) is 30.0 Å². The van der Waals surface area contributed by atoms with Crippen molar-refractivity contribution in [3.05, 3.63) is 51.4 Å². The van der Waals surface area contributed by atoms with Crippen molar-refractivity contribution in [3.8, 4) is 0 Å². The van der Waals surface area contributed by atoms with Crippen LogP contribution in [0.5, 0.6) is 0 Å². The average molecular weight is 349 g/mol. The first-order valence-corrected chi connectivity index (χ1v) is 9.34. The minimum absolute atomic E-state index is 0.00566. The minimum Gasteiger partial charge on any atom is -0.369 e. The molecule has 0 spiro atoms. The summed E-state index contributed by atoms with van der Waals surface area (Å²) in [6, 6.07) is 7.73. The van der Waals surface area contributed by atoms with Crippen LogP contribution in [-0.2, 0) is 27.7 Å². The number of carbonyl (C=O) groups is 1. The number of carbonyl (C=O) groups excluding carboxylic acids is 1. The van der Waals surface area contributed by atoms with Gasteiger partial charge in [0.15, 0.2) is 5.13 Å². The third-order valence-electron chi connectivity index (χ3n) is 3.49. The third kappa shape index (κ3) is 3.59. The van der Waals surface area contributed by atoms with Crippen LogP contribution < -0.4 is 10.5 Å². The van der Waals surface area contributed by atoms with Gasteiger partial charge in [-0.2, -0.15) is 0 Å². The first kappa shape index (κ1) is 15.7. The molecule has 3 N–H and O–H groups in total. The van der Waals surface area contributed by atoms with Gasteiger partial charge in [0.1, 0.15) is 0 Å². The smallest absolute Gasteiger partial charge is 0.259 e. The van der Waals surface area contributed by atoms with Crippen LogP contribution >= 0.6 is 11.3 Å². The number of nitrogens with one attached hydrogen (secondary N) is 1. The zero-order valence-electron chi connectivity index (χ0n) is 12.2. The Balaban J connectivity index is 1.81. The Morgan fingerprint density at radius 2 is 2.09 bits per heavy atom. The Morgan fingerprint density at radius 3 is 2.87 bits per heavy atom. The zero-order chi connectivity index (χ0) is 16.4. The Labute approximate surface area is 138 Å². The van der Waals surface area contributed by atoms with Crippen LogP contribution in [0.25, 0.3) is 6.08 Å². The number of benzene rings is 1. The fraction of sp³-hybridized carbons (Fsp3) is 0.200. The Hall–Kier alpha value is -2.19. The van der Waals surface area contributed by atoms with Gasteiger partial charge in [-0.1, -0.05) is 24.3 Å². The van der Waals surface area contributed by atoms with Crippen molar-refractivity contribution in [1.82, 2.24) is 4.98 Å². The Bertz CT molecular complexity index is 885. The highest BCUT2D eigenvalue weighted by Gasteiger charge is 2.22. The van der Waals surface area contributed by atoms with Crippen LogP contribution in [0.2, 0.25) is 0 Å². The lowest BCUT2D eigenvalue weighted by Gasteiger charge is -2.16. The molecule has 0 saturated heterocycles. The number of fused-ring (bicyclic) bond motifs is 1. The molecule has 0 saturated carbocycles. The Morgan fingerprint density at radius 1 is 1.30 bits per heavy atom. The number of aryl methyl sites for hydroxylation is 1. The van der Waals surface area contributed by atoms with Gasteiger partial charge in [-0.3, -0.25) is 9.52 Å². The number of amides is 1. The zero-order valence-corrected chi connectivity index (χ0v) is 13.8. The molecule has 1 aromatic heterocycles. The quantitative estimate of drug-likeness (QED) is 0.860. The number of nitrogens with zero attached hydrogens (tertiary/aromatic N) is 1. The molecule has 0 atom stereocenters. The summed E-state index contributed by atoms with van der Waals surface area (Å²) in [5.41, 5.74) is 7.63. The maximum Gasteiger partial charge on any atom is 0.259 e. The maximum atomic E-state index is 12.5. The molecule has 6 nitrogen and oxygen atoms in total. The number of hydrogen-bond acceptors (Lipinski definition) is 5. The van der Waals surface area contributed by atoms with Crippen molar-refractivity contribution < 1.29 is 13.2 Å². The normalized spacial score (nSPS) is 14.0. The van der Waals surface area contributed by atoms with E-state index in [9.17, 15) is 13.2 Å². The number of anilines is 1. The van der Waals surface area contributed by atoms with Crippen molar-refractivity contribution in [2.24, 2.45) is 5.73 Å². The number of sulfonamides is 1. The van der Waals surface area contributed by atoms with Gasteiger partial charge in [-0.15, -0.1) is 11.3 Å². The molecule has 23 heavy (non-hydrogen) atoms. The van der Waals surface area contributed by atoms with Gasteiger partial charge < -0.3 is 5.73 Å². The summed E-state index contributed by atoms with van der Waals surface area (Å²) in [4.78, 5) is 15.3. The van der Waals surface area contributed by atoms with Crippen LogP contribution in [0.4, 0.5) is 5.13 Å². The summed E-state index contributed by atoms with van der Waals surface area (Å²) in [5, 5.41) is 1.86. The number of aromatic nitrogens is 1. The summed E-state index contributed by atoms with van der Waals surface area (Å²) < 4.78 is 27.5. The van der Waals surface area contributed by atoms with E-state index in [2.05, 4.69) is 9.71 Å². The monoisotopic (exact) mass is 349 g/mol. The molecule has 1 aromatic carbocycles. The molecule has 0 fully saturated rings. The molecule has 1 aliphatic carbocycles. The summed E-state index contributed by atoms with van der Waals surface area (Å²) in [6.45, 7) is 0. The second-order valence-electron chi connectivity index (χ2n) is 5.20. The molecular weight excluding hydrogens is 334 g/mol. The molecule has 1 aliphatic rings. The van der Waals surface area contributed by atoms with E-state index < -0.39 is 15.9 Å². The number of allylic oxidation sites excluding steroid dienone is 1. The van der Waals surface area contributed by atoms with Gasteiger partial charge in [-0.25, -0.2) is 13.4 Å². The van der Waals surface area contributed by atoms with E-state index in [0.29, 0.717) is 23.4 Å². The summed E-state index contributed by atoms with van der Waals surface area (Å²) in [6.07, 6.45) is 2.83.